The molecule has 0 spiro atoms. The highest BCUT2D eigenvalue weighted by Gasteiger charge is 2.15. The highest BCUT2D eigenvalue weighted by atomic mass is 35.5. The highest BCUT2D eigenvalue weighted by Crippen LogP contribution is 2.25. The molecule has 0 aliphatic heterocycles. The van der Waals surface area contributed by atoms with Crippen LogP contribution in [0, 0.1) is 0 Å². The second-order valence-electron chi connectivity index (χ2n) is 3.02. The molecule has 0 aliphatic carbocycles. The number of urea groups is 1. The Bertz CT molecular complexity index is 507. The van der Waals surface area contributed by atoms with E-state index in [0.29, 0.717) is 5.02 Å². The van der Waals surface area contributed by atoms with Crippen molar-refractivity contribution in [2.24, 2.45) is 5.73 Å². The van der Waals surface area contributed by atoms with Gasteiger partial charge in [-0.2, -0.15) is 0 Å². The summed E-state index contributed by atoms with van der Waals surface area (Å²) in [5.41, 5.74) is 8.41. The summed E-state index contributed by atoms with van der Waals surface area (Å²) in [7, 11) is 0. The summed E-state index contributed by atoms with van der Waals surface area (Å²) >= 11 is 11.5. The number of carbonyl (C=O) groups excluding carboxylic acids is 3. The van der Waals surface area contributed by atoms with Gasteiger partial charge in [-0.1, -0.05) is 23.2 Å². The minimum absolute atomic E-state index is 0.170. The molecule has 0 radical (unpaired) electrons. The fourth-order valence-corrected chi connectivity index (χ4v) is 1.28. The first-order valence-electron chi connectivity index (χ1n) is 4.52. The number of hydrogen-bond donors (Lipinski definition) is 4. The molecular formula is C9H8Cl2N4O3. The Morgan fingerprint density at radius 3 is 2.33 bits per heavy atom. The van der Waals surface area contributed by atoms with Gasteiger partial charge in [-0.05, 0) is 18.2 Å². The van der Waals surface area contributed by atoms with Gasteiger partial charge in [-0.25, -0.2) is 10.2 Å². The molecule has 0 saturated carbocycles. The molecule has 1 aromatic carbocycles. The van der Waals surface area contributed by atoms with Gasteiger partial charge in [0, 0.05) is 5.02 Å². The van der Waals surface area contributed by atoms with E-state index < -0.39 is 17.8 Å². The minimum atomic E-state index is -1.11. The minimum Gasteiger partial charge on any atom is -0.350 e. The smallest absolute Gasteiger partial charge is 0.330 e. The summed E-state index contributed by atoms with van der Waals surface area (Å²) in [6, 6.07) is 3.35. The molecule has 0 bridgehead atoms. The number of halogens is 2. The Morgan fingerprint density at radius 1 is 1.06 bits per heavy atom. The average Bonchev–Trinajstić information content (AvgIpc) is 2.30. The third-order valence-corrected chi connectivity index (χ3v) is 2.25. The van der Waals surface area contributed by atoms with Gasteiger partial charge < -0.3 is 11.1 Å². The lowest BCUT2D eigenvalue weighted by atomic mass is 10.3. The molecule has 0 heterocycles. The Hall–Kier alpha value is -1.99. The van der Waals surface area contributed by atoms with E-state index in [9.17, 15) is 14.4 Å². The van der Waals surface area contributed by atoms with E-state index in [1.807, 2.05) is 0 Å². The van der Waals surface area contributed by atoms with Gasteiger partial charge in [0.1, 0.15) is 0 Å². The summed E-state index contributed by atoms with van der Waals surface area (Å²) in [6.45, 7) is 0. The van der Waals surface area contributed by atoms with Crippen LogP contribution in [0.3, 0.4) is 0 Å². The van der Waals surface area contributed by atoms with E-state index in [1.54, 1.807) is 10.9 Å². The van der Waals surface area contributed by atoms with E-state index in [4.69, 9.17) is 28.9 Å². The number of benzene rings is 1. The summed E-state index contributed by atoms with van der Waals surface area (Å²) in [4.78, 5) is 32.9. The normalized spacial score (nSPS) is 9.44. The van der Waals surface area contributed by atoms with Gasteiger partial charge in [0.2, 0.25) is 0 Å². The van der Waals surface area contributed by atoms with Crippen LogP contribution in [-0.2, 0) is 9.59 Å². The summed E-state index contributed by atoms with van der Waals surface area (Å²) < 4.78 is 0. The summed E-state index contributed by atoms with van der Waals surface area (Å²) in [5.74, 6) is -2.14. The van der Waals surface area contributed by atoms with Gasteiger partial charge in [0.15, 0.2) is 0 Å². The molecule has 96 valence electrons. The van der Waals surface area contributed by atoms with Crippen LogP contribution in [0.15, 0.2) is 18.2 Å². The molecule has 0 saturated heterocycles. The van der Waals surface area contributed by atoms with E-state index in [1.165, 1.54) is 18.2 Å². The SMILES string of the molecule is NC(=O)NNC(=O)C(=O)Nc1cc(Cl)ccc1Cl. The van der Waals surface area contributed by atoms with Gasteiger partial charge in [0.25, 0.3) is 0 Å². The van der Waals surface area contributed by atoms with Crippen LogP contribution in [0.4, 0.5) is 10.5 Å². The molecule has 1 rings (SSSR count). The first-order chi connectivity index (χ1) is 8.40. The van der Waals surface area contributed by atoms with Crippen LogP contribution in [0.5, 0.6) is 0 Å². The monoisotopic (exact) mass is 290 g/mol. The molecular weight excluding hydrogens is 283 g/mol. The van der Waals surface area contributed by atoms with E-state index in [-0.39, 0.29) is 10.7 Å². The van der Waals surface area contributed by atoms with Crippen molar-refractivity contribution in [3.8, 4) is 0 Å². The molecule has 0 atom stereocenters. The lowest BCUT2D eigenvalue weighted by Gasteiger charge is -2.07. The fourth-order valence-electron chi connectivity index (χ4n) is 0.947. The number of hydrazine groups is 1. The third kappa shape index (κ3) is 4.11. The average molecular weight is 291 g/mol. The number of nitrogens with two attached hydrogens (primary N) is 1. The molecule has 0 unspecified atom stereocenters. The molecule has 18 heavy (non-hydrogen) atoms. The first kappa shape index (κ1) is 14.1. The molecule has 9 heteroatoms. The van der Waals surface area contributed by atoms with Crippen molar-refractivity contribution in [1.82, 2.24) is 10.9 Å². The number of primary amides is 1. The van der Waals surface area contributed by atoms with E-state index in [0.717, 1.165) is 0 Å². The number of rotatable bonds is 1. The number of amides is 4. The van der Waals surface area contributed by atoms with Crippen LogP contribution in [0.1, 0.15) is 0 Å². The maximum atomic E-state index is 11.4. The van der Waals surface area contributed by atoms with E-state index >= 15 is 0 Å². The maximum Gasteiger partial charge on any atom is 0.330 e. The summed E-state index contributed by atoms with van der Waals surface area (Å²) in [5, 5.41) is 2.76. The topological polar surface area (TPSA) is 113 Å². The predicted molar refractivity (Wildman–Crippen MR) is 66.0 cm³/mol. The zero-order valence-corrected chi connectivity index (χ0v) is 10.3. The van der Waals surface area contributed by atoms with Crippen LogP contribution < -0.4 is 21.9 Å². The van der Waals surface area contributed by atoms with Gasteiger partial charge in [0.05, 0.1) is 10.7 Å². The maximum absolute atomic E-state index is 11.4. The first-order valence-corrected chi connectivity index (χ1v) is 5.27. The second kappa shape index (κ2) is 6.08. The quantitative estimate of drug-likeness (QED) is 0.449. The van der Waals surface area contributed by atoms with Gasteiger partial charge in [-0.3, -0.25) is 15.0 Å². The van der Waals surface area contributed by atoms with Crippen LogP contribution in [0.25, 0.3) is 0 Å². The van der Waals surface area contributed by atoms with Crippen LogP contribution in [0.2, 0.25) is 10.0 Å². The number of anilines is 1. The van der Waals surface area contributed by atoms with Crippen molar-refractivity contribution < 1.29 is 14.4 Å². The molecule has 0 fully saturated rings. The van der Waals surface area contributed by atoms with Crippen molar-refractivity contribution >= 4 is 46.7 Å². The van der Waals surface area contributed by atoms with Gasteiger partial charge >= 0.3 is 17.8 Å². The van der Waals surface area contributed by atoms with Crippen molar-refractivity contribution in [3.05, 3.63) is 28.2 Å². The Morgan fingerprint density at radius 2 is 1.72 bits per heavy atom. The molecule has 7 nitrogen and oxygen atoms in total. The van der Waals surface area contributed by atoms with Crippen LogP contribution in [-0.4, -0.2) is 17.8 Å². The van der Waals surface area contributed by atoms with Gasteiger partial charge in [-0.15, -0.1) is 0 Å². The Labute approximate surface area is 112 Å². The molecule has 1 aromatic rings. The van der Waals surface area contributed by atoms with Crippen molar-refractivity contribution in [1.29, 1.82) is 0 Å². The standard InChI is InChI=1S/C9H8Cl2N4O3/c10-4-1-2-5(11)6(3-4)13-7(16)8(17)14-15-9(12)18/h1-3H,(H,13,16)(H,14,17)(H3,12,15,18). The second-order valence-corrected chi connectivity index (χ2v) is 3.87. The zero-order chi connectivity index (χ0) is 13.7. The lowest BCUT2D eigenvalue weighted by Crippen LogP contribution is -2.48. The number of nitrogens with one attached hydrogen (secondary N) is 3. The largest absolute Gasteiger partial charge is 0.350 e. The highest BCUT2D eigenvalue weighted by molar-refractivity contribution is 6.42. The number of carbonyl (C=O) groups is 3. The third-order valence-electron chi connectivity index (χ3n) is 1.68. The fraction of sp³-hybridized carbons (Fsp3) is 0. The molecule has 0 aliphatic rings. The van der Waals surface area contributed by atoms with Crippen LogP contribution >= 0.6 is 23.2 Å². The predicted octanol–water partition coefficient (Wildman–Crippen LogP) is 0.631. The van der Waals surface area contributed by atoms with Crippen molar-refractivity contribution in [2.75, 3.05) is 5.32 Å². The Kier molecular flexibility index (Phi) is 4.75. The molecule has 5 N–H and O–H groups in total. The summed E-state index contributed by atoms with van der Waals surface area (Å²) in [6.07, 6.45) is 0. The molecule has 0 aromatic heterocycles. The van der Waals surface area contributed by atoms with Crippen molar-refractivity contribution in [3.63, 3.8) is 0 Å². The van der Waals surface area contributed by atoms with Crippen molar-refractivity contribution in [2.45, 2.75) is 0 Å². The Balaban J connectivity index is 2.66. The number of hydrogen-bond acceptors (Lipinski definition) is 3. The lowest BCUT2D eigenvalue weighted by molar-refractivity contribution is -0.136. The zero-order valence-electron chi connectivity index (χ0n) is 8.79. The van der Waals surface area contributed by atoms with E-state index in [2.05, 4.69) is 5.32 Å². The molecule has 4 amide bonds.